The van der Waals surface area contributed by atoms with Gasteiger partial charge in [0.15, 0.2) is 0 Å². The Balaban J connectivity index is 1.64. The van der Waals surface area contributed by atoms with E-state index in [0.717, 1.165) is 16.7 Å². The Bertz CT molecular complexity index is 994. The lowest BCUT2D eigenvalue weighted by Gasteiger charge is -2.21. The average Bonchev–Trinajstić information content (AvgIpc) is 2.84. The standard InChI is InChI=1S/C26H26N2O4/c29-18-23(16-20-10-4-1-5-11-20)27-25(30)24(17-21-12-6-2-7-13-21)28-26(31)32-19-22-14-8-3-9-15-22/h1-15,18,23-24H,16-17,19H2,(H,27,30)(H,28,31)/t23-,24-/m0/s1. The van der Waals surface area contributed by atoms with Gasteiger partial charge in [0.25, 0.3) is 0 Å². The maximum atomic E-state index is 13.0. The topological polar surface area (TPSA) is 84.5 Å². The number of rotatable bonds is 10. The number of nitrogens with one attached hydrogen (secondary N) is 2. The summed E-state index contributed by atoms with van der Waals surface area (Å²) >= 11 is 0. The fourth-order valence-corrected chi connectivity index (χ4v) is 3.25. The molecule has 164 valence electrons. The molecular formula is C26H26N2O4. The maximum absolute atomic E-state index is 13.0. The number of hydrogen-bond acceptors (Lipinski definition) is 4. The number of amides is 2. The summed E-state index contributed by atoms with van der Waals surface area (Å²) in [6.07, 6.45) is 0.644. The van der Waals surface area contributed by atoms with Gasteiger partial charge in [0.2, 0.25) is 5.91 Å². The van der Waals surface area contributed by atoms with Gasteiger partial charge in [0.05, 0.1) is 6.04 Å². The zero-order valence-electron chi connectivity index (χ0n) is 17.6. The fourth-order valence-electron chi connectivity index (χ4n) is 3.25. The van der Waals surface area contributed by atoms with E-state index < -0.39 is 24.1 Å². The summed E-state index contributed by atoms with van der Waals surface area (Å²) in [4.78, 5) is 36.9. The highest BCUT2D eigenvalue weighted by Gasteiger charge is 2.24. The predicted octanol–water partition coefficient (Wildman–Crippen LogP) is 3.45. The molecule has 0 saturated carbocycles. The Morgan fingerprint density at radius 2 is 1.22 bits per heavy atom. The molecule has 0 unspecified atom stereocenters. The molecule has 3 rings (SSSR count). The molecule has 2 N–H and O–H groups in total. The number of hydrogen-bond donors (Lipinski definition) is 2. The van der Waals surface area contributed by atoms with Crippen molar-refractivity contribution in [2.45, 2.75) is 31.5 Å². The van der Waals surface area contributed by atoms with Crippen LogP contribution in [-0.4, -0.2) is 30.4 Å². The second-order valence-electron chi connectivity index (χ2n) is 7.39. The lowest BCUT2D eigenvalue weighted by Crippen LogP contribution is -2.51. The van der Waals surface area contributed by atoms with Crippen LogP contribution < -0.4 is 10.6 Å². The highest BCUT2D eigenvalue weighted by molar-refractivity contribution is 5.87. The van der Waals surface area contributed by atoms with Crippen LogP contribution >= 0.6 is 0 Å². The number of ether oxygens (including phenoxy) is 1. The molecule has 3 aromatic carbocycles. The molecule has 3 aromatic rings. The van der Waals surface area contributed by atoms with E-state index in [0.29, 0.717) is 12.7 Å². The Kier molecular flexibility index (Phi) is 8.57. The van der Waals surface area contributed by atoms with Crippen LogP contribution in [0.4, 0.5) is 4.79 Å². The van der Waals surface area contributed by atoms with E-state index in [1.165, 1.54) is 0 Å². The van der Waals surface area contributed by atoms with Crippen molar-refractivity contribution in [3.63, 3.8) is 0 Å². The van der Waals surface area contributed by atoms with Crippen molar-refractivity contribution in [3.8, 4) is 0 Å². The summed E-state index contributed by atoms with van der Waals surface area (Å²) < 4.78 is 5.27. The molecule has 6 heteroatoms. The van der Waals surface area contributed by atoms with Gasteiger partial charge in [-0.15, -0.1) is 0 Å². The Hall–Kier alpha value is -3.93. The molecule has 0 fully saturated rings. The van der Waals surface area contributed by atoms with Gasteiger partial charge >= 0.3 is 6.09 Å². The smallest absolute Gasteiger partial charge is 0.408 e. The van der Waals surface area contributed by atoms with Crippen molar-refractivity contribution in [2.75, 3.05) is 0 Å². The fraction of sp³-hybridized carbons (Fsp3) is 0.192. The third kappa shape index (κ3) is 7.40. The van der Waals surface area contributed by atoms with Crippen LogP contribution in [0.3, 0.4) is 0 Å². The molecule has 0 aliphatic carbocycles. The van der Waals surface area contributed by atoms with Crippen LogP contribution in [0.1, 0.15) is 16.7 Å². The molecule has 2 amide bonds. The van der Waals surface area contributed by atoms with Gasteiger partial charge in [0.1, 0.15) is 18.9 Å². The van der Waals surface area contributed by atoms with Crippen LogP contribution in [0, 0.1) is 0 Å². The van der Waals surface area contributed by atoms with Crippen molar-refractivity contribution >= 4 is 18.3 Å². The van der Waals surface area contributed by atoms with E-state index in [-0.39, 0.29) is 13.0 Å². The van der Waals surface area contributed by atoms with Crippen molar-refractivity contribution < 1.29 is 19.1 Å². The molecule has 32 heavy (non-hydrogen) atoms. The van der Waals surface area contributed by atoms with Gasteiger partial charge in [0, 0.05) is 6.42 Å². The van der Waals surface area contributed by atoms with Crippen LogP contribution in [0.25, 0.3) is 0 Å². The van der Waals surface area contributed by atoms with Crippen molar-refractivity contribution in [1.29, 1.82) is 0 Å². The first-order chi connectivity index (χ1) is 15.6. The van der Waals surface area contributed by atoms with Crippen LogP contribution in [0.2, 0.25) is 0 Å². The third-order valence-corrected chi connectivity index (χ3v) is 4.89. The first-order valence-electron chi connectivity index (χ1n) is 10.4. The minimum absolute atomic E-state index is 0.0946. The van der Waals surface area contributed by atoms with E-state index in [1.807, 2.05) is 91.0 Å². The molecule has 0 bridgehead atoms. The quantitative estimate of drug-likeness (QED) is 0.483. The lowest BCUT2D eigenvalue weighted by molar-refractivity contribution is -0.125. The highest BCUT2D eigenvalue weighted by Crippen LogP contribution is 2.07. The molecular weight excluding hydrogens is 404 g/mol. The van der Waals surface area contributed by atoms with Gasteiger partial charge in [-0.25, -0.2) is 4.79 Å². The van der Waals surface area contributed by atoms with Crippen LogP contribution in [0.15, 0.2) is 91.0 Å². The van der Waals surface area contributed by atoms with E-state index in [1.54, 1.807) is 0 Å². The zero-order chi connectivity index (χ0) is 22.6. The summed E-state index contributed by atoms with van der Waals surface area (Å²) in [5, 5.41) is 5.38. The second-order valence-corrected chi connectivity index (χ2v) is 7.39. The van der Waals surface area contributed by atoms with Gasteiger partial charge in [-0.3, -0.25) is 4.79 Å². The monoisotopic (exact) mass is 430 g/mol. The molecule has 0 aromatic heterocycles. The van der Waals surface area contributed by atoms with Gasteiger partial charge in [-0.2, -0.15) is 0 Å². The minimum Gasteiger partial charge on any atom is -0.445 e. The number of alkyl carbamates (subject to hydrolysis) is 1. The zero-order valence-corrected chi connectivity index (χ0v) is 17.6. The summed E-state index contributed by atoms with van der Waals surface area (Å²) in [5.41, 5.74) is 2.65. The van der Waals surface area contributed by atoms with E-state index in [4.69, 9.17) is 4.74 Å². The molecule has 2 atom stereocenters. The van der Waals surface area contributed by atoms with Crippen LogP contribution in [0.5, 0.6) is 0 Å². The average molecular weight is 431 g/mol. The maximum Gasteiger partial charge on any atom is 0.408 e. The number of benzene rings is 3. The first kappa shape index (κ1) is 22.7. The first-order valence-corrected chi connectivity index (χ1v) is 10.4. The van der Waals surface area contributed by atoms with Gasteiger partial charge in [-0.05, 0) is 23.1 Å². The van der Waals surface area contributed by atoms with E-state index in [9.17, 15) is 14.4 Å². The van der Waals surface area contributed by atoms with Gasteiger partial charge < -0.3 is 20.2 Å². The number of carbonyl (C=O) groups excluding carboxylic acids is 3. The van der Waals surface area contributed by atoms with E-state index in [2.05, 4.69) is 10.6 Å². The third-order valence-electron chi connectivity index (χ3n) is 4.89. The Labute approximate surface area is 187 Å². The summed E-state index contributed by atoms with van der Waals surface area (Å²) in [6.45, 7) is 0.0946. The Morgan fingerprint density at radius 3 is 1.75 bits per heavy atom. The SMILES string of the molecule is O=C[C@H](Cc1ccccc1)NC(=O)[C@H](Cc1ccccc1)NC(=O)OCc1ccccc1. The molecule has 6 nitrogen and oxygen atoms in total. The molecule has 0 saturated heterocycles. The second kappa shape index (κ2) is 12.1. The highest BCUT2D eigenvalue weighted by atomic mass is 16.5. The molecule has 0 aliphatic rings. The predicted molar refractivity (Wildman–Crippen MR) is 122 cm³/mol. The summed E-state index contributed by atoms with van der Waals surface area (Å²) in [7, 11) is 0. The number of aldehydes is 1. The van der Waals surface area contributed by atoms with Crippen molar-refractivity contribution in [3.05, 3.63) is 108 Å². The normalized spacial score (nSPS) is 12.2. The van der Waals surface area contributed by atoms with Crippen molar-refractivity contribution in [2.24, 2.45) is 0 Å². The van der Waals surface area contributed by atoms with Crippen molar-refractivity contribution in [1.82, 2.24) is 10.6 Å². The van der Waals surface area contributed by atoms with Crippen LogP contribution in [-0.2, 0) is 33.8 Å². The summed E-state index contributed by atoms with van der Waals surface area (Å²) in [6, 6.07) is 26.5. The summed E-state index contributed by atoms with van der Waals surface area (Å²) in [5.74, 6) is -0.446. The number of carbonyl (C=O) groups is 3. The molecule has 0 heterocycles. The molecule has 0 aliphatic heterocycles. The minimum atomic E-state index is -0.890. The largest absolute Gasteiger partial charge is 0.445 e. The van der Waals surface area contributed by atoms with Gasteiger partial charge in [-0.1, -0.05) is 91.0 Å². The molecule has 0 radical (unpaired) electrons. The lowest BCUT2D eigenvalue weighted by atomic mass is 10.0. The van der Waals surface area contributed by atoms with E-state index >= 15 is 0 Å². The Morgan fingerprint density at radius 1 is 0.719 bits per heavy atom. The molecule has 0 spiro atoms.